The summed E-state index contributed by atoms with van der Waals surface area (Å²) in [6.07, 6.45) is 0.871. The predicted octanol–water partition coefficient (Wildman–Crippen LogP) is 3.53. The van der Waals surface area contributed by atoms with Gasteiger partial charge in [-0.25, -0.2) is 9.00 Å². The van der Waals surface area contributed by atoms with Crippen LogP contribution in [0.2, 0.25) is 0 Å². The van der Waals surface area contributed by atoms with Gasteiger partial charge in [0.05, 0.1) is 4.90 Å². The monoisotopic (exact) mass is 331 g/mol. The minimum atomic E-state index is -1.35. The SMILES string of the molecule is CCNC(=O)Nc1ccc(S(=O)Nc2ccccc2CC)cc1. The van der Waals surface area contributed by atoms with Gasteiger partial charge in [-0.3, -0.25) is 0 Å². The molecule has 0 radical (unpaired) electrons. The Morgan fingerprint density at radius 1 is 1.04 bits per heavy atom. The number of carbonyl (C=O) groups is 1. The van der Waals surface area contributed by atoms with Gasteiger partial charge in [-0.15, -0.1) is 0 Å². The van der Waals surface area contributed by atoms with Crippen LogP contribution < -0.4 is 15.4 Å². The molecule has 0 saturated carbocycles. The van der Waals surface area contributed by atoms with Crippen LogP contribution in [0.3, 0.4) is 0 Å². The summed E-state index contributed by atoms with van der Waals surface area (Å²) in [5, 5.41) is 5.36. The van der Waals surface area contributed by atoms with E-state index in [0.717, 1.165) is 17.7 Å². The maximum atomic E-state index is 12.4. The standard InChI is InChI=1S/C17H21N3O2S/c1-3-13-7-5-6-8-16(13)20-23(22)15-11-9-14(10-12-15)19-17(21)18-4-2/h5-12,20H,3-4H2,1-2H3,(H2,18,19,21). The van der Waals surface area contributed by atoms with Gasteiger partial charge in [0.2, 0.25) is 0 Å². The summed E-state index contributed by atoms with van der Waals surface area (Å²) in [6.45, 7) is 4.48. The molecule has 2 rings (SSSR count). The van der Waals surface area contributed by atoms with Crippen LogP contribution in [0.15, 0.2) is 53.4 Å². The molecular formula is C17H21N3O2S. The van der Waals surface area contributed by atoms with Crippen molar-refractivity contribution in [1.29, 1.82) is 0 Å². The maximum absolute atomic E-state index is 12.4. The second-order valence-electron chi connectivity index (χ2n) is 4.89. The van der Waals surface area contributed by atoms with Crippen LogP contribution in [0.5, 0.6) is 0 Å². The van der Waals surface area contributed by atoms with Crippen molar-refractivity contribution >= 4 is 28.4 Å². The van der Waals surface area contributed by atoms with Crippen LogP contribution in [-0.4, -0.2) is 16.8 Å². The maximum Gasteiger partial charge on any atom is 0.319 e. The number of anilines is 2. The molecule has 1 atom stereocenters. The van der Waals surface area contributed by atoms with Crippen molar-refractivity contribution < 1.29 is 9.00 Å². The van der Waals surface area contributed by atoms with E-state index in [1.165, 1.54) is 0 Å². The molecule has 0 aliphatic heterocycles. The van der Waals surface area contributed by atoms with E-state index in [0.29, 0.717) is 17.1 Å². The summed E-state index contributed by atoms with van der Waals surface area (Å²) >= 11 is 0. The lowest BCUT2D eigenvalue weighted by Gasteiger charge is -2.11. The zero-order valence-corrected chi connectivity index (χ0v) is 14.1. The molecule has 2 aromatic carbocycles. The van der Waals surface area contributed by atoms with Gasteiger partial charge >= 0.3 is 6.03 Å². The van der Waals surface area contributed by atoms with Gasteiger partial charge in [-0.2, -0.15) is 0 Å². The molecule has 0 spiro atoms. The van der Waals surface area contributed by atoms with Gasteiger partial charge in [0.1, 0.15) is 11.0 Å². The molecule has 6 heteroatoms. The summed E-state index contributed by atoms with van der Waals surface area (Å²) in [6, 6.07) is 14.5. The molecule has 0 saturated heterocycles. The fourth-order valence-corrected chi connectivity index (χ4v) is 2.98. The van der Waals surface area contributed by atoms with Gasteiger partial charge < -0.3 is 15.4 Å². The first-order valence-corrected chi connectivity index (χ1v) is 8.70. The summed E-state index contributed by atoms with van der Waals surface area (Å²) < 4.78 is 15.4. The number of para-hydroxylation sites is 1. The number of urea groups is 1. The third-order valence-corrected chi connectivity index (χ3v) is 4.37. The van der Waals surface area contributed by atoms with E-state index in [4.69, 9.17) is 0 Å². The van der Waals surface area contributed by atoms with Crippen molar-refractivity contribution in [1.82, 2.24) is 5.32 Å². The molecule has 122 valence electrons. The molecule has 1 unspecified atom stereocenters. The summed E-state index contributed by atoms with van der Waals surface area (Å²) in [7, 11) is -1.35. The normalized spacial score (nSPS) is 11.6. The fraction of sp³-hybridized carbons (Fsp3) is 0.235. The van der Waals surface area contributed by atoms with Crippen molar-refractivity contribution in [3.8, 4) is 0 Å². The minimum Gasteiger partial charge on any atom is -0.338 e. The Morgan fingerprint density at radius 2 is 1.74 bits per heavy atom. The third kappa shape index (κ3) is 4.82. The van der Waals surface area contributed by atoms with Gasteiger partial charge in [0.25, 0.3) is 0 Å². The lowest BCUT2D eigenvalue weighted by Crippen LogP contribution is -2.28. The summed E-state index contributed by atoms with van der Waals surface area (Å²) in [5.74, 6) is 0. The van der Waals surface area contributed by atoms with E-state index >= 15 is 0 Å². The zero-order valence-electron chi connectivity index (χ0n) is 13.3. The Kier molecular flexibility index (Phi) is 6.17. The largest absolute Gasteiger partial charge is 0.338 e. The van der Waals surface area contributed by atoms with E-state index < -0.39 is 11.0 Å². The quantitative estimate of drug-likeness (QED) is 0.758. The van der Waals surface area contributed by atoms with Gasteiger partial charge in [-0.05, 0) is 49.2 Å². The van der Waals surface area contributed by atoms with Crippen LogP contribution in [0.4, 0.5) is 16.2 Å². The van der Waals surface area contributed by atoms with Crippen LogP contribution in [0.1, 0.15) is 19.4 Å². The number of nitrogens with one attached hydrogen (secondary N) is 3. The topological polar surface area (TPSA) is 70.2 Å². The molecule has 2 amide bonds. The lowest BCUT2D eigenvalue weighted by atomic mass is 10.1. The Morgan fingerprint density at radius 3 is 2.39 bits per heavy atom. The fourth-order valence-electron chi connectivity index (χ4n) is 2.08. The number of aryl methyl sites for hydroxylation is 1. The summed E-state index contributed by atoms with van der Waals surface area (Å²) in [5.41, 5.74) is 2.65. The average molecular weight is 331 g/mol. The third-order valence-electron chi connectivity index (χ3n) is 3.26. The molecular weight excluding hydrogens is 310 g/mol. The predicted molar refractivity (Wildman–Crippen MR) is 95.0 cm³/mol. The Hall–Kier alpha value is -2.34. The first-order chi connectivity index (χ1) is 11.1. The molecule has 0 aliphatic rings. The molecule has 0 aromatic heterocycles. The zero-order chi connectivity index (χ0) is 16.7. The number of rotatable bonds is 6. The van der Waals surface area contributed by atoms with Crippen LogP contribution in [-0.2, 0) is 17.4 Å². The number of hydrogen-bond acceptors (Lipinski definition) is 2. The van der Waals surface area contributed by atoms with E-state index in [2.05, 4.69) is 22.3 Å². The van der Waals surface area contributed by atoms with E-state index in [9.17, 15) is 9.00 Å². The van der Waals surface area contributed by atoms with Crippen LogP contribution in [0.25, 0.3) is 0 Å². The van der Waals surface area contributed by atoms with Crippen LogP contribution in [0, 0.1) is 0 Å². The van der Waals surface area contributed by atoms with E-state index in [1.54, 1.807) is 24.3 Å². The number of amides is 2. The highest BCUT2D eigenvalue weighted by Gasteiger charge is 2.07. The van der Waals surface area contributed by atoms with E-state index in [1.807, 2.05) is 31.2 Å². The first-order valence-electron chi connectivity index (χ1n) is 7.55. The number of carbonyl (C=O) groups excluding carboxylic acids is 1. The lowest BCUT2D eigenvalue weighted by molar-refractivity contribution is 0.252. The molecule has 0 aliphatic carbocycles. The molecule has 3 N–H and O–H groups in total. The van der Waals surface area contributed by atoms with E-state index in [-0.39, 0.29) is 6.03 Å². The highest BCUT2D eigenvalue weighted by Crippen LogP contribution is 2.19. The molecule has 5 nitrogen and oxygen atoms in total. The van der Waals surface area contributed by atoms with Crippen LogP contribution >= 0.6 is 0 Å². The Labute approximate surface area is 139 Å². The second kappa shape index (κ2) is 8.33. The Bertz CT molecular complexity index is 686. The smallest absolute Gasteiger partial charge is 0.319 e. The van der Waals surface area contributed by atoms with Gasteiger partial charge in [0, 0.05) is 17.9 Å². The second-order valence-corrected chi connectivity index (χ2v) is 6.10. The number of benzene rings is 2. The molecule has 2 aromatic rings. The molecule has 0 fully saturated rings. The van der Waals surface area contributed by atoms with Crippen molar-refractivity contribution in [3.05, 3.63) is 54.1 Å². The molecule has 0 bridgehead atoms. The van der Waals surface area contributed by atoms with Gasteiger partial charge in [0.15, 0.2) is 0 Å². The van der Waals surface area contributed by atoms with Crippen molar-refractivity contribution in [2.24, 2.45) is 0 Å². The van der Waals surface area contributed by atoms with Crippen molar-refractivity contribution in [2.45, 2.75) is 25.2 Å². The molecule has 23 heavy (non-hydrogen) atoms. The highest BCUT2D eigenvalue weighted by atomic mass is 32.2. The Balaban J connectivity index is 2.04. The molecule has 0 heterocycles. The van der Waals surface area contributed by atoms with Crippen molar-refractivity contribution in [3.63, 3.8) is 0 Å². The minimum absolute atomic E-state index is 0.253. The first kappa shape index (κ1) is 17.0. The number of hydrogen-bond donors (Lipinski definition) is 3. The van der Waals surface area contributed by atoms with Gasteiger partial charge in [-0.1, -0.05) is 25.1 Å². The van der Waals surface area contributed by atoms with Crippen molar-refractivity contribution in [2.75, 3.05) is 16.6 Å². The highest BCUT2D eigenvalue weighted by molar-refractivity contribution is 7.86. The summed E-state index contributed by atoms with van der Waals surface area (Å²) in [4.78, 5) is 12.1. The average Bonchev–Trinajstić information content (AvgIpc) is 2.56.